The minimum atomic E-state index is -0.254. The number of hydrogen-bond acceptors (Lipinski definition) is 5. The molecule has 6 nitrogen and oxygen atoms in total. The molecule has 4 rings (SSSR count). The van der Waals surface area contributed by atoms with Crippen LogP contribution in [0.1, 0.15) is 11.1 Å². The zero-order chi connectivity index (χ0) is 17.2. The number of amidine groups is 1. The zero-order valence-corrected chi connectivity index (χ0v) is 13.6. The summed E-state index contributed by atoms with van der Waals surface area (Å²) < 4.78 is 16.4. The lowest BCUT2D eigenvalue weighted by Crippen LogP contribution is -2.25. The van der Waals surface area contributed by atoms with Gasteiger partial charge in [-0.15, -0.1) is 0 Å². The van der Waals surface area contributed by atoms with Crippen LogP contribution in [0, 0.1) is 0 Å². The van der Waals surface area contributed by atoms with E-state index in [1.807, 2.05) is 42.5 Å². The first-order chi connectivity index (χ1) is 12.2. The van der Waals surface area contributed by atoms with Gasteiger partial charge in [-0.2, -0.15) is 0 Å². The SMILES string of the molecule is COc1ccccc1C1=N/C(=C/c2ccc3c(c2)OCCO3)C(=O)N1. The highest BCUT2D eigenvalue weighted by Gasteiger charge is 2.23. The van der Waals surface area contributed by atoms with Crippen LogP contribution >= 0.6 is 0 Å². The predicted molar refractivity (Wildman–Crippen MR) is 93.1 cm³/mol. The normalized spacial score (nSPS) is 17.2. The van der Waals surface area contributed by atoms with Crippen LogP contribution in [-0.4, -0.2) is 32.1 Å². The number of fused-ring (bicyclic) bond motifs is 1. The van der Waals surface area contributed by atoms with Crippen LogP contribution < -0.4 is 19.5 Å². The number of carbonyl (C=O) groups excluding carboxylic acids is 1. The number of amides is 1. The van der Waals surface area contributed by atoms with Crippen LogP contribution in [0.2, 0.25) is 0 Å². The molecule has 2 heterocycles. The molecular formula is C19H16N2O4. The third kappa shape index (κ3) is 2.94. The fourth-order valence-electron chi connectivity index (χ4n) is 2.74. The Kier molecular flexibility index (Phi) is 3.85. The molecule has 2 aromatic carbocycles. The Bertz CT molecular complexity index is 902. The van der Waals surface area contributed by atoms with Crippen molar-refractivity contribution < 1.29 is 19.0 Å². The van der Waals surface area contributed by atoms with Crippen LogP contribution in [0.25, 0.3) is 6.08 Å². The minimum absolute atomic E-state index is 0.254. The second-order valence-electron chi connectivity index (χ2n) is 5.55. The number of ether oxygens (including phenoxy) is 3. The fourth-order valence-corrected chi connectivity index (χ4v) is 2.74. The van der Waals surface area contributed by atoms with Crippen molar-refractivity contribution in [3.05, 3.63) is 59.3 Å². The van der Waals surface area contributed by atoms with Gasteiger partial charge >= 0.3 is 0 Å². The molecule has 0 saturated carbocycles. The number of hydrogen-bond donors (Lipinski definition) is 1. The number of aliphatic imine (C=N–C) groups is 1. The van der Waals surface area contributed by atoms with Gasteiger partial charge in [-0.1, -0.05) is 18.2 Å². The van der Waals surface area contributed by atoms with Gasteiger partial charge in [0, 0.05) is 0 Å². The van der Waals surface area contributed by atoms with E-state index < -0.39 is 0 Å². The maximum Gasteiger partial charge on any atom is 0.275 e. The van der Waals surface area contributed by atoms with E-state index >= 15 is 0 Å². The highest BCUT2D eigenvalue weighted by Crippen LogP contribution is 2.31. The summed E-state index contributed by atoms with van der Waals surface area (Å²) in [5, 5.41) is 2.78. The Balaban J connectivity index is 1.67. The molecule has 2 aromatic rings. The molecule has 0 fully saturated rings. The van der Waals surface area contributed by atoms with Crippen LogP contribution in [0.15, 0.2) is 53.2 Å². The molecule has 126 valence electrons. The van der Waals surface area contributed by atoms with E-state index in [0.717, 1.165) is 11.1 Å². The fraction of sp³-hybridized carbons (Fsp3) is 0.158. The topological polar surface area (TPSA) is 69.1 Å². The third-order valence-electron chi connectivity index (χ3n) is 3.93. The first-order valence-electron chi connectivity index (χ1n) is 7.89. The molecule has 2 aliphatic heterocycles. The summed E-state index contributed by atoms with van der Waals surface area (Å²) in [6, 6.07) is 13.0. The monoisotopic (exact) mass is 336 g/mol. The number of nitrogens with one attached hydrogen (secondary N) is 1. The Morgan fingerprint density at radius 2 is 1.92 bits per heavy atom. The van der Waals surface area contributed by atoms with Gasteiger partial charge in [0.15, 0.2) is 11.5 Å². The first-order valence-corrected chi connectivity index (χ1v) is 7.89. The number of benzene rings is 2. The van der Waals surface area contributed by atoms with Crippen molar-refractivity contribution in [2.75, 3.05) is 20.3 Å². The quantitative estimate of drug-likeness (QED) is 0.874. The maximum atomic E-state index is 12.3. The lowest BCUT2D eigenvalue weighted by molar-refractivity contribution is -0.115. The molecule has 0 aliphatic carbocycles. The van der Waals surface area contributed by atoms with Gasteiger partial charge in [-0.05, 0) is 35.9 Å². The summed E-state index contributed by atoms with van der Waals surface area (Å²) >= 11 is 0. The number of para-hydroxylation sites is 1. The summed E-state index contributed by atoms with van der Waals surface area (Å²) in [5.74, 6) is 2.26. The molecule has 2 aliphatic rings. The van der Waals surface area contributed by atoms with Crippen molar-refractivity contribution in [1.82, 2.24) is 5.32 Å². The molecule has 6 heteroatoms. The van der Waals surface area contributed by atoms with E-state index in [1.165, 1.54) is 0 Å². The third-order valence-corrected chi connectivity index (χ3v) is 3.93. The molecule has 25 heavy (non-hydrogen) atoms. The molecular weight excluding hydrogens is 320 g/mol. The molecule has 0 spiro atoms. The van der Waals surface area contributed by atoms with E-state index in [4.69, 9.17) is 14.2 Å². The van der Waals surface area contributed by atoms with Gasteiger partial charge in [0.2, 0.25) is 0 Å². The van der Waals surface area contributed by atoms with Crippen molar-refractivity contribution >= 4 is 17.8 Å². The van der Waals surface area contributed by atoms with E-state index in [9.17, 15) is 4.79 Å². The van der Waals surface area contributed by atoms with Crippen molar-refractivity contribution in [1.29, 1.82) is 0 Å². The molecule has 1 N–H and O–H groups in total. The van der Waals surface area contributed by atoms with Gasteiger partial charge in [-0.3, -0.25) is 4.79 Å². The van der Waals surface area contributed by atoms with E-state index in [0.29, 0.717) is 42.0 Å². The number of rotatable bonds is 3. The average Bonchev–Trinajstić information content (AvgIpc) is 3.02. The van der Waals surface area contributed by atoms with Gasteiger partial charge in [-0.25, -0.2) is 4.99 Å². The van der Waals surface area contributed by atoms with Crippen molar-refractivity contribution in [2.45, 2.75) is 0 Å². The summed E-state index contributed by atoms with van der Waals surface area (Å²) in [6.45, 7) is 1.06. The van der Waals surface area contributed by atoms with Gasteiger partial charge in [0.05, 0.1) is 12.7 Å². The van der Waals surface area contributed by atoms with E-state index in [2.05, 4.69) is 10.3 Å². The Labute approximate surface area is 144 Å². The molecule has 0 radical (unpaired) electrons. The Hall–Kier alpha value is -3.28. The number of methoxy groups -OCH3 is 1. The van der Waals surface area contributed by atoms with Crippen LogP contribution in [-0.2, 0) is 4.79 Å². The summed E-state index contributed by atoms with van der Waals surface area (Å²) in [7, 11) is 1.59. The highest BCUT2D eigenvalue weighted by molar-refractivity contribution is 6.20. The summed E-state index contributed by atoms with van der Waals surface area (Å²) in [6.07, 6.45) is 1.72. The van der Waals surface area contributed by atoms with Crippen LogP contribution in [0.4, 0.5) is 0 Å². The summed E-state index contributed by atoms with van der Waals surface area (Å²) in [4.78, 5) is 16.7. The van der Waals surface area contributed by atoms with Crippen LogP contribution in [0.5, 0.6) is 17.2 Å². The first kappa shape index (κ1) is 15.3. The lowest BCUT2D eigenvalue weighted by atomic mass is 10.1. The summed E-state index contributed by atoms with van der Waals surface area (Å²) in [5.41, 5.74) is 1.89. The van der Waals surface area contributed by atoms with E-state index in [-0.39, 0.29) is 5.91 Å². The van der Waals surface area contributed by atoms with Gasteiger partial charge in [0.25, 0.3) is 5.91 Å². The second kappa shape index (κ2) is 6.32. The average molecular weight is 336 g/mol. The smallest absolute Gasteiger partial charge is 0.275 e. The molecule has 0 atom stereocenters. The van der Waals surface area contributed by atoms with Crippen LogP contribution in [0.3, 0.4) is 0 Å². The molecule has 1 amide bonds. The zero-order valence-electron chi connectivity index (χ0n) is 13.6. The number of carbonyl (C=O) groups is 1. The predicted octanol–water partition coefficient (Wildman–Crippen LogP) is 2.38. The molecule has 0 bridgehead atoms. The standard InChI is InChI=1S/C19H16N2O4/c1-23-15-5-3-2-4-13(15)18-20-14(19(22)21-18)10-12-6-7-16-17(11-12)25-9-8-24-16/h2-7,10-11H,8-9H2,1H3,(H,20,21,22)/b14-10+. The second-order valence-corrected chi connectivity index (χ2v) is 5.55. The van der Waals surface area contributed by atoms with E-state index in [1.54, 1.807) is 13.2 Å². The minimum Gasteiger partial charge on any atom is -0.496 e. The highest BCUT2D eigenvalue weighted by atomic mass is 16.6. The van der Waals surface area contributed by atoms with Gasteiger partial charge < -0.3 is 19.5 Å². The van der Waals surface area contributed by atoms with Crippen molar-refractivity contribution in [3.8, 4) is 17.2 Å². The largest absolute Gasteiger partial charge is 0.496 e. The number of nitrogens with zero attached hydrogens (tertiary/aromatic N) is 1. The Morgan fingerprint density at radius 1 is 1.12 bits per heavy atom. The molecule has 0 aromatic heterocycles. The maximum absolute atomic E-state index is 12.3. The lowest BCUT2D eigenvalue weighted by Gasteiger charge is -2.18. The van der Waals surface area contributed by atoms with Crippen molar-refractivity contribution in [2.24, 2.45) is 4.99 Å². The molecule has 0 unspecified atom stereocenters. The van der Waals surface area contributed by atoms with Gasteiger partial charge in [0.1, 0.15) is 30.5 Å². The molecule has 0 saturated heterocycles. The van der Waals surface area contributed by atoms with Crippen molar-refractivity contribution in [3.63, 3.8) is 0 Å². The Morgan fingerprint density at radius 3 is 2.76 bits per heavy atom.